The van der Waals surface area contributed by atoms with Gasteiger partial charge in [-0.2, -0.15) is 0 Å². The second-order valence-corrected chi connectivity index (χ2v) is 5.50. The molecule has 0 saturated carbocycles. The Morgan fingerprint density at radius 3 is 2.56 bits per heavy atom. The summed E-state index contributed by atoms with van der Waals surface area (Å²) in [4.78, 5) is 27.7. The van der Waals surface area contributed by atoms with Gasteiger partial charge in [0.2, 0.25) is 0 Å². The lowest BCUT2D eigenvalue weighted by Gasteiger charge is -2.30. The summed E-state index contributed by atoms with van der Waals surface area (Å²) in [6.45, 7) is 6.93. The summed E-state index contributed by atoms with van der Waals surface area (Å²) in [5.41, 5.74) is 4.69. The highest BCUT2D eigenvalue weighted by Gasteiger charge is 2.27. The van der Waals surface area contributed by atoms with Crippen LogP contribution in [0.25, 0.3) is 0 Å². The zero-order valence-electron chi connectivity index (χ0n) is 10.9. The van der Waals surface area contributed by atoms with E-state index < -0.39 is 5.91 Å². The Bertz CT molecular complexity index is 494. The number of aromatic amines is 1. The maximum absolute atomic E-state index is 11.8. The van der Waals surface area contributed by atoms with Crippen LogP contribution in [0.5, 0.6) is 0 Å². The van der Waals surface area contributed by atoms with Crippen molar-refractivity contribution < 1.29 is 4.79 Å². The summed E-state index contributed by atoms with van der Waals surface area (Å²) in [7, 11) is 0. The van der Waals surface area contributed by atoms with Crippen molar-refractivity contribution in [1.82, 2.24) is 14.5 Å². The van der Waals surface area contributed by atoms with Crippen LogP contribution in [-0.4, -0.2) is 40.0 Å². The SMILES string of the molecule is CC(C)(CN1CCCC1)n1cc(C(N)=O)[nH]c1=O. The molecule has 1 saturated heterocycles. The van der Waals surface area contributed by atoms with Gasteiger partial charge in [-0.15, -0.1) is 0 Å². The summed E-state index contributed by atoms with van der Waals surface area (Å²) in [6, 6.07) is 0. The highest BCUT2D eigenvalue weighted by molar-refractivity contribution is 5.90. The predicted octanol–water partition coefficient (Wildman–Crippen LogP) is 0.106. The normalized spacial score (nSPS) is 17.2. The van der Waals surface area contributed by atoms with E-state index in [1.165, 1.54) is 19.0 Å². The van der Waals surface area contributed by atoms with Gasteiger partial charge >= 0.3 is 5.69 Å². The molecule has 2 rings (SSSR count). The van der Waals surface area contributed by atoms with Gasteiger partial charge in [0.05, 0.1) is 5.54 Å². The van der Waals surface area contributed by atoms with E-state index in [0.29, 0.717) is 0 Å². The largest absolute Gasteiger partial charge is 0.364 e. The maximum atomic E-state index is 11.8. The number of primary amides is 1. The first-order chi connectivity index (χ1) is 8.40. The van der Waals surface area contributed by atoms with Crippen molar-refractivity contribution >= 4 is 5.91 Å². The summed E-state index contributed by atoms with van der Waals surface area (Å²) in [5, 5.41) is 0. The molecule has 0 aromatic carbocycles. The molecule has 1 aliphatic heterocycles. The number of nitrogens with two attached hydrogens (primary N) is 1. The number of carbonyl (C=O) groups is 1. The van der Waals surface area contributed by atoms with Crippen molar-refractivity contribution in [2.24, 2.45) is 5.73 Å². The number of aromatic nitrogens is 2. The van der Waals surface area contributed by atoms with Gasteiger partial charge < -0.3 is 15.6 Å². The Labute approximate surface area is 106 Å². The van der Waals surface area contributed by atoms with Crippen LogP contribution in [0.3, 0.4) is 0 Å². The quantitative estimate of drug-likeness (QED) is 0.797. The topological polar surface area (TPSA) is 84.1 Å². The second kappa shape index (κ2) is 4.61. The molecule has 0 bridgehead atoms. The second-order valence-electron chi connectivity index (χ2n) is 5.50. The maximum Gasteiger partial charge on any atom is 0.326 e. The van der Waals surface area contributed by atoms with E-state index in [9.17, 15) is 9.59 Å². The number of hydrogen-bond acceptors (Lipinski definition) is 3. The van der Waals surface area contributed by atoms with Crippen LogP contribution in [0.1, 0.15) is 37.2 Å². The fraction of sp³-hybridized carbons (Fsp3) is 0.667. The van der Waals surface area contributed by atoms with E-state index in [1.54, 1.807) is 4.57 Å². The van der Waals surface area contributed by atoms with Crippen LogP contribution < -0.4 is 11.4 Å². The molecule has 0 spiro atoms. The molecule has 6 heteroatoms. The first kappa shape index (κ1) is 12.9. The first-order valence-electron chi connectivity index (χ1n) is 6.24. The Morgan fingerprint density at radius 2 is 2.06 bits per heavy atom. The smallest absolute Gasteiger partial charge is 0.326 e. The van der Waals surface area contributed by atoms with Crippen LogP contribution >= 0.6 is 0 Å². The highest BCUT2D eigenvalue weighted by Crippen LogP contribution is 2.18. The predicted molar refractivity (Wildman–Crippen MR) is 68.6 cm³/mol. The zero-order chi connectivity index (χ0) is 13.3. The Morgan fingerprint density at radius 1 is 1.44 bits per heavy atom. The molecular formula is C12H20N4O2. The van der Waals surface area contributed by atoms with E-state index in [2.05, 4.69) is 9.88 Å². The number of hydrogen-bond donors (Lipinski definition) is 2. The van der Waals surface area contributed by atoms with Crippen molar-refractivity contribution in [1.29, 1.82) is 0 Å². The van der Waals surface area contributed by atoms with Gasteiger partial charge in [-0.25, -0.2) is 4.79 Å². The third kappa shape index (κ3) is 2.48. The van der Waals surface area contributed by atoms with Crippen LogP contribution in [0.2, 0.25) is 0 Å². The molecular weight excluding hydrogens is 232 g/mol. The number of imidazole rings is 1. The third-order valence-corrected chi connectivity index (χ3v) is 3.45. The lowest BCUT2D eigenvalue weighted by molar-refractivity contribution is 0.0995. The Hall–Kier alpha value is -1.56. The fourth-order valence-corrected chi connectivity index (χ4v) is 2.53. The Kier molecular flexibility index (Phi) is 3.30. The molecule has 100 valence electrons. The summed E-state index contributed by atoms with van der Waals surface area (Å²) < 4.78 is 1.56. The lowest BCUT2D eigenvalue weighted by atomic mass is 10.0. The van der Waals surface area contributed by atoms with E-state index in [0.717, 1.165) is 19.6 Å². The van der Waals surface area contributed by atoms with Gasteiger partial charge in [0.15, 0.2) is 0 Å². The zero-order valence-corrected chi connectivity index (χ0v) is 10.9. The van der Waals surface area contributed by atoms with Crippen molar-refractivity contribution in [3.05, 3.63) is 22.4 Å². The van der Waals surface area contributed by atoms with Crippen molar-refractivity contribution in [2.45, 2.75) is 32.2 Å². The number of H-pyrrole nitrogens is 1. The molecule has 1 aliphatic rings. The molecule has 0 unspecified atom stereocenters. The molecule has 2 heterocycles. The molecule has 6 nitrogen and oxygen atoms in total. The molecule has 18 heavy (non-hydrogen) atoms. The van der Waals surface area contributed by atoms with Gasteiger partial charge in [0.1, 0.15) is 5.69 Å². The summed E-state index contributed by atoms with van der Waals surface area (Å²) in [5.74, 6) is -0.608. The molecule has 1 aromatic rings. The van der Waals surface area contributed by atoms with Crippen LogP contribution in [0.15, 0.2) is 11.0 Å². The highest BCUT2D eigenvalue weighted by atomic mass is 16.2. The first-order valence-corrected chi connectivity index (χ1v) is 6.24. The standard InChI is InChI=1S/C12H20N4O2/c1-12(2,8-15-5-3-4-6-15)16-7-9(10(13)17)14-11(16)18/h7H,3-6,8H2,1-2H3,(H2,13,17)(H,14,18). The van der Waals surface area contributed by atoms with Gasteiger partial charge in [-0.1, -0.05) is 0 Å². The number of likely N-dealkylation sites (tertiary alicyclic amines) is 1. The molecule has 1 aromatic heterocycles. The van der Waals surface area contributed by atoms with E-state index in [-0.39, 0.29) is 16.9 Å². The minimum Gasteiger partial charge on any atom is -0.364 e. The van der Waals surface area contributed by atoms with E-state index in [1.807, 2.05) is 13.8 Å². The lowest BCUT2D eigenvalue weighted by Crippen LogP contribution is -2.43. The number of nitrogens with zero attached hydrogens (tertiary/aromatic N) is 2. The Balaban J connectivity index is 2.22. The number of nitrogens with one attached hydrogen (secondary N) is 1. The van der Waals surface area contributed by atoms with E-state index in [4.69, 9.17) is 5.73 Å². The fourth-order valence-electron chi connectivity index (χ4n) is 2.53. The van der Waals surface area contributed by atoms with Crippen LogP contribution in [0.4, 0.5) is 0 Å². The number of rotatable bonds is 4. The minimum absolute atomic E-state index is 0.162. The minimum atomic E-state index is -0.608. The summed E-state index contributed by atoms with van der Waals surface area (Å²) >= 11 is 0. The van der Waals surface area contributed by atoms with Gasteiger partial charge in [0, 0.05) is 12.7 Å². The third-order valence-electron chi connectivity index (χ3n) is 3.45. The van der Waals surface area contributed by atoms with Gasteiger partial charge in [-0.05, 0) is 39.8 Å². The molecule has 0 radical (unpaired) electrons. The van der Waals surface area contributed by atoms with Gasteiger partial charge in [-0.3, -0.25) is 9.36 Å². The van der Waals surface area contributed by atoms with Crippen LogP contribution in [0, 0.1) is 0 Å². The summed E-state index contributed by atoms with van der Waals surface area (Å²) in [6.07, 6.45) is 3.94. The average molecular weight is 252 g/mol. The molecule has 3 N–H and O–H groups in total. The van der Waals surface area contributed by atoms with Crippen molar-refractivity contribution in [3.63, 3.8) is 0 Å². The molecule has 0 atom stereocenters. The van der Waals surface area contributed by atoms with Crippen molar-refractivity contribution in [3.8, 4) is 0 Å². The molecule has 1 amide bonds. The van der Waals surface area contributed by atoms with E-state index >= 15 is 0 Å². The monoisotopic (exact) mass is 252 g/mol. The van der Waals surface area contributed by atoms with Crippen LogP contribution in [-0.2, 0) is 5.54 Å². The molecule has 0 aliphatic carbocycles. The van der Waals surface area contributed by atoms with Gasteiger partial charge in [0.25, 0.3) is 5.91 Å². The number of amides is 1. The molecule has 1 fully saturated rings. The average Bonchev–Trinajstić information content (AvgIpc) is 2.86. The number of carbonyl (C=O) groups excluding carboxylic acids is 1. The van der Waals surface area contributed by atoms with Crippen molar-refractivity contribution in [2.75, 3.05) is 19.6 Å².